The molecule has 2 amide bonds. The Bertz CT molecular complexity index is 611. The highest BCUT2D eigenvalue weighted by atomic mass is 16.5. The molecular weight excluding hydrogens is 330 g/mol. The summed E-state index contributed by atoms with van der Waals surface area (Å²) in [5.41, 5.74) is 1.05. The molecule has 0 radical (unpaired) electrons. The summed E-state index contributed by atoms with van der Waals surface area (Å²) in [6.45, 7) is 5.16. The van der Waals surface area contributed by atoms with Gasteiger partial charge in [0.2, 0.25) is 11.8 Å². The Kier molecular flexibility index (Phi) is 6.50. The molecule has 3 rings (SSSR count). The minimum Gasteiger partial charge on any atom is -0.497 e. The normalized spacial score (nSPS) is 20.6. The number of hydrogen-bond donors (Lipinski definition) is 1. The van der Waals surface area contributed by atoms with Crippen molar-refractivity contribution in [3.05, 3.63) is 29.8 Å². The van der Waals surface area contributed by atoms with E-state index in [1.165, 1.54) is 25.9 Å². The molecule has 0 bridgehead atoms. The Morgan fingerprint density at radius 3 is 2.65 bits per heavy atom. The third-order valence-corrected chi connectivity index (χ3v) is 5.27. The average molecular weight is 359 g/mol. The summed E-state index contributed by atoms with van der Waals surface area (Å²) >= 11 is 0. The quantitative estimate of drug-likeness (QED) is 0.717. The van der Waals surface area contributed by atoms with Gasteiger partial charge in [0.05, 0.1) is 13.0 Å². The SMILES string of the molecule is COc1ccc(CN2C[C@H](C(=O)NCCCN3CCCC3)CC2=O)cc1. The third-order valence-electron chi connectivity index (χ3n) is 5.27. The van der Waals surface area contributed by atoms with Crippen molar-refractivity contribution in [1.29, 1.82) is 0 Å². The highest BCUT2D eigenvalue weighted by molar-refractivity contribution is 5.89. The van der Waals surface area contributed by atoms with Crippen molar-refractivity contribution in [1.82, 2.24) is 15.1 Å². The third kappa shape index (κ3) is 4.97. The van der Waals surface area contributed by atoms with Crippen LogP contribution in [0.2, 0.25) is 0 Å². The Morgan fingerprint density at radius 1 is 1.23 bits per heavy atom. The summed E-state index contributed by atoms with van der Waals surface area (Å²) in [4.78, 5) is 28.8. The monoisotopic (exact) mass is 359 g/mol. The van der Waals surface area contributed by atoms with E-state index < -0.39 is 0 Å². The summed E-state index contributed by atoms with van der Waals surface area (Å²) in [5.74, 6) is 0.634. The van der Waals surface area contributed by atoms with E-state index in [-0.39, 0.29) is 17.7 Å². The maximum Gasteiger partial charge on any atom is 0.225 e. The van der Waals surface area contributed by atoms with Crippen LogP contribution in [0, 0.1) is 5.92 Å². The van der Waals surface area contributed by atoms with Gasteiger partial charge in [-0.2, -0.15) is 0 Å². The van der Waals surface area contributed by atoms with Crippen LogP contribution in [0.4, 0.5) is 0 Å². The highest BCUT2D eigenvalue weighted by Crippen LogP contribution is 2.21. The van der Waals surface area contributed by atoms with Crippen LogP contribution in [0.1, 0.15) is 31.2 Å². The van der Waals surface area contributed by atoms with E-state index in [9.17, 15) is 9.59 Å². The predicted molar refractivity (Wildman–Crippen MR) is 99.8 cm³/mol. The first kappa shape index (κ1) is 18.7. The minimum absolute atomic E-state index is 0.0111. The van der Waals surface area contributed by atoms with Crippen LogP contribution >= 0.6 is 0 Å². The fourth-order valence-corrected chi connectivity index (χ4v) is 3.72. The summed E-state index contributed by atoms with van der Waals surface area (Å²) in [6.07, 6.45) is 3.87. The number of nitrogens with zero attached hydrogens (tertiary/aromatic N) is 2. The van der Waals surface area contributed by atoms with E-state index in [2.05, 4.69) is 10.2 Å². The second-order valence-electron chi connectivity index (χ2n) is 7.22. The van der Waals surface area contributed by atoms with Crippen LogP contribution in [0.5, 0.6) is 5.75 Å². The van der Waals surface area contributed by atoms with E-state index in [1.807, 2.05) is 24.3 Å². The fraction of sp³-hybridized carbons (Fsp3) is 0.600. The molecule has 0 spiro atoms. The molecule has 0 aromatic heterocycles. The summed E-state index contributed by atoms with van der Waals surface area (Å²) in [7, 11) is 1.63. The van der Waals surface area contributed by atoms with Gasteiger partial charge < -0.3 is 19.9 Å². The van der Waals surface area contributed by atoms with Crippen molar-refractivity contribution in [2.24, 2.45) is 5.92 Å². The Balaban J connectivity index is 1.40. The van der Waals surface area contributed by atoms with Gasteiger partial charge in [0.15, 0.2) is 0 Å². The first-order valence-corrected chi connectivity index (χ1v) is 9.56. The van der Waals surface area contributed by atoms with Crippen molar-refractivity contribution in [2.75, 3.05) is 39.8 Å². The number of methoxy groups -OCH3 is 1. The molecule has 1 aromatic rings. The van der Waals surface area contributed by atoms with Crippen LogP contribution in [0.15, 0.2) is 24.3 Å². The van der Waals surface area contributed by atoms with E-state index in [0.29, 0.717) is 26.1 Å². The zero-order chi connectivity index (χ0) is 18.4. The zero-order valence-corrected chi connectivity index (χ0v) is 15.6. The number of hydrogen-bond acceptors (Lipinski definition) is 4. The van der Waals surface area contributed by atoms with Crippen molar-refractivity contribution in [3.63, 3.8) is 0 Å². The van der Waals surface area contributed by atoms with Crippen LogP contribution in [-0.2, 0) is 16.1 Å². The summed E-state index contributed by atoms with van der Waals surface area (Å²) in [5, 5.41) is 3.01. The molecule has 1 aromatic carbocycles. The van der Waals surface area contributed by atoms with E-state index >= 15 is 0 Å². The molecule has 6 nitrogen and oxygen atoms in total. The number of amides is 2. The molecule has 0 saturated carbocycles. The van der Waals surface area contributed by atoms with Crippen LogP contribution < -0.4 is 10.1 Å². The first-order chi connectivity index (χ1) is 12.7. The second kappa shape index (κ2) is 9.03. The maximum atomic E-state index is 12.3. The molecule has 6 heteroatoms. The van der Waals surface area contributed by atoms with Crippen molar-refractivity contribution in [3.8, 4) is 5.75 Å². The smallest absolute Gasteiger partial charge is 0.225 e. The number of benzene rings is 1. The van der Waals surface area contributed by atoms with Crippen molar-refractivity contribution < 1.29 is 14.3 Å². The first-order valence-electron chi connectivity index (χ1n) is 9.56. The summed E-state index contributed by atoms with van der Waals surface area (Å²) in [6, 6.07) is 7.69. The van der Waals surface area contributed by atoms with Crippen LogP contribution in [0.3, 0.4) is 0 Å². The molecule has 2 fully saturated rings. The number of ether oxygens (including phenoxy) is 1. The number of likely N-dealkylation sites (tertiary alicyclic amines) is 2. The topological polar surface area (TPSA) is 61.9 Å². The summed E-state index contributed by atoms with van der Waals surface area (Å²) < 4.78 is 5.15. The molecule has 142 valence electrons. The standard InChI is InChI=1S/C20H29N3O3/c1-26-18-7-5-16(6-8-18)14-23-15-17(13-19(23)24)20(25)21-9-4-12-22-10-2-3-11-22/h5-8,17H,2-4,9-15H2,1H3,(H,21,25)/t17-/m1/s1. The van der Waals surface area contributed by atoms with Gasteiger partial charge in [-0.3, -0.25) is 9.59 Å². The van der Waals surface area contributed by atoms with Gasteiger partial charge in [-0.15, -0.1) is 0 Å². The predicted octanol–water partition coefficient (Wildman–Crippen LogP) is 1.65. The maximum absolute atomic E-state index is 12.3. The highest BCUT2D eigenvalue weighted by Gasteiger charge is 2.34. The molecule has 1 N–H and O–H groups in total. The lowest BCUT2D eigenvalue weighted by molar-refractivity contribution is -0.129. The van der Waals surface area contributed by atoms with Gasteiger partial charge >= 0.3 is 0 Å². The van der Waals surface area contributed by atoms with Crippen molar-refractivity contribution in [2.45, 2.75) is 32.2 Å². The number of nitrogens with one attached hydrogen (secondary N) is 1. The molecule has 2 aliphatic heterocycles. The Labute approximate surface area is 155 Å². The Hall–Kier alpha value is -2.08. The number of rotatable bonds is 8. The van der Waals surface area contributed by atoms with Crippen LogP contribution in [0.25, 0.3) is 0 Å². The van der Waals surface area contributed by atoms with Gasteiger partial charge in [0, 0.05) is 26.1 Å². The number of carbonyl (C=O) groups is 2. The van der Waals surface area contributed by atoms with E-state index in [0.717, 1.165) is 24.3 Å². The van der Waals surface area contributed by atoms with Gasteiger partial charge in [0.1, 0.15) is 5.75 Å². The molecule has 0 unspecified atom stereocenters. The van der Waals surface area contributed by atoms with Gasteiger partial charge in [-0.1, -0.05) is 12.1 Å². The lowest BCUT2D eigenvalue weighted by Gasteiger charge is -2.17. The molecule has 2 saturated heterocycles. The van der Waals surface area contributed by atoms with E-state index in [4.69, 9.17) is 4.74 Å². The molecule has 2 aliphatic rings. The lowest BCUT2D eigenvalue weighted by Crippen LogP contribution is -2.34. The minimum atomic E-state index is -0.229. The van der Waals surface area contributed by atoms with Crippen molar-refractivity contribution >= 4 is 11.8 Å². The zero-order valence-electron chi connectivity index (χ0n) is 15.6. The molecule has 26 heavy (non-hydrogen) atoms. The van der Waals surface area contributed by atoms with Crippen LogP contribution in [-0.4, -0.2) is 61.4 Å². The van der Waals surface area contributed by atoms with Gasteiger partial charge in [-0.25, -0.2) is 0 Å². The van der Waals surface area contributed by atoms with Gasteiger partial charge in [0.25, 0.3) is 0 Å². The lowest BCUT2D eigenvalue weighted by atomic mass is 10.1. The molecule has 0 aliphatic carbocycles. The second-order valence-corrected chi connectivity index (χ2v) is 7.22. The molecule has 2 heterocycles. The largest absolute Gasteiger partial charge is 0.497 e. The fourth-order valence-electron chi connectivity index (χ4n) is 3.72. The van der Waals surface area contributed by atoms with Gasteiger partial charge in [-0.05, 0) is 56.6 Å². The molecular formula is C20H29N3O3. The van der Waals surface area contributed by atoms with E-state index in [1.54, 1.807) is 12.0 Å². The number of carbonyl (C=O) groups excluding carboxylic acids is 2. The Morgan fingerprint density at radius 2 is 1.96 bits per heavy atom. The molecule has 1 atom stereocenters. The average Bonchev–Trinajstić information content (AvgIpc) is 3.29.